The normalized spacial score (nSPS) is 11.0. The maximum Gasteiger partial charge on any atom is 0.223 e. The van der Waals surface area contributed by atoms with E-state index >= 15 is 4.39 Å². The summed E-state index contributed by atoms with van der Waals surface area (Å²) in [5, 5.41) is 14.0. The molecule has 6 aromatic rings. The summed E-state index contributed by atoms with van der Waals surface area (Å²) in [6.07, 6.45) is 3.23. The minimum atomic E-state index is -0.408. The van der Waals surface area contributed by atoms with Crippen molar-refractivity contribution < 1.29 is 4.39 Å². The molecule has 0 saturated heterocycles. The molecule has 0 atom stereocenters. The number of nitrogens with zero attached hydrogens (tertiary/aromatic N) is 7. The van der Waals surface area contributed by atoms with Gasteiger partial charge in [0.25, 0.3) is 0 Å². The third-order valence-electron chi connectivity index (χ3n) is 6.44. The first kappa shape index (κ1) is 24.4. The van der Waals surface area contributed by atoms with Crippen molar-refractivity contribution in [3.8, 4) is 39.6 Å². The van der Waals surface area contributed by atoms with Crippen molar-refractivity contribution in [3.63, 3.8) is 0 Å². The van der Waals surface area contributed by atoms with E-state index in [2.05, 4.69) is 26.1 Å². The highest BCUT2D eigenvalue weighted by atomic mass is 19.1. The molecule has 0 radical (unpaired) electrons. The Hall–Kier alpha value is -5.89. The van der Waals surface area contributed by atoms with Crippen molar-refractivity contribution in [2.24, 2.45) is 0 Å². The van der Waals surface area contributed by atoms with Crippen LogP contribution in [-0.4, -0.2) is 29.5 Å². The monoisotopic (exact) mass is 528 g/mol. The number of aromatic nitrogens is 6. The van der Waals surface area contributed by atoms with Gasteiger partial charge in [-0.25, -0.2) is 24.3 Å². The average Bonchev–Trinajstić information content (AvgIpc) is 3.38. The number of pyridine rings is 2. The molecular formula is C29H21FN10. The van der Waals surface area contributed by atoms with Gasteiger partial charge >= 0.3 is 0 Å². The van der Waals surface area contributed by atoms with Crippen LogP contribution in [0.3, 0.4) is 0 Å². The maximum atomic E-state index is 15.2. The van der Waals surface area contributed by atoms with Crippen LogP contribution in [0.2, 0.25) is 0 Å². The number of halogens is 1. The number of nitriles is 1. The van der Waals surface area contributed by atoms with Gasteiger partial charge in [-0.3, -0.25) is 0 Å². The summed E-state index contributed by atoms with van der Waals surface area (Å²) in [7, 11) is 0. The molecule has 4 heterocycles. The topological polar surface area (TPSA) is 171 Å². The van der Waals surface area contributed by atoms with Crippen molar-refractivity contribution in [3.05, 3.63) is 102 Å². The first-order valence-electron chi connectivity index (χ1n) is 12.2. The largest absolute Gasteiger partial charge is 0.384 e. The number of benzene rings is 2. The molecule has 0 amide bonds. The molecular weight excluding hydrogens is 507 g/mol. The Balaban J connectivity index is 1.56. The van der Waals surface area contributed by atoms with Crippen molar-refractivity contribution in [1.29, 1.82) is 5.26 Å². The Morgan fingerprint density at radius 2 is 1.55 bits per heavy atom. The molecule has 4 aromatic heterocycles. The second-order valence-electron chi connectivity index (χ2n) is 9.03. The highest BCUT2D eigenvalue weighted by molar-refractivity contribution is 5.91. The molecule has 10 nitrogen and oxygen atoms in total. The number of anilines is 3. The molecule has 0 aliphatic rings. The lowest BCUT2D eigenvalue weighted by Gasteiger charge is -2.12. The molecule has 6 rings (SSSR count). The fourth-order valence-electron chi connectivity index (χ4n) is 4.67. The number of hydrogen-bond acceptors (Lipinski definition) is 9. The Labute approximate surface area is 227 Å². The number of rotatable bonds is 5. The summed E-state index contributed by atoms with van der Waals surface area (Å²) in [6, 6.07) is 20.9. The van der Waals surface area contributed by atoms with Gasteiger partial charge in [0.2, 0.25) is 5.95 Å². The van der Waals surface area contributed by atoms with Gasteiger partial charge in [0.1, 0.15) is 17.5 Å². The fourth-order valence-corrected chi connectivity index (χ4v) is 4.67. The van der Waals surface area contributed by atoms with Crippen molar-refractivity contribution in [2.45, 2.75) is 6.42 Å². The third-order valence-corrected chi connectivity index (χ3v) is 6.44. The van der Waals surface area contributed by atoms with Gasteiger partial charge in [-0.2, -0.15) is 9.78 Å². The van der Waals surface area contributed by atoms with Gasteiger partial charge in [-0.1, -0.05) is 24.3 Å². The van der Waals surface area contributed by atoms with Crippen molar-refractivity contribution >= 4 is 23.2 Å². The van der Waals surface area contributed by atoms with E-state index in [0.29, 0.717) is 62.2 Å². The summed E-state index contributed by atoms with van der Waals surface area (Å²) >= 11 is 0. The van der Waals surface area contributed by atoms with Crippen LogP contribution in [-0.2, 0) is 6.42 Å². The highest BCUT2D eigenvalue weighted by Gasteiger charge is 2.22. The first-order valence-corrected chi connectivity index (χ1v) is 12.2. The van der Waals surface area contributed by atoms with Crippen LogP contribution in [0.25, 0.3) is 39.2 Å². The molecule has 0 saturated carbocycles. The molecule has 0 spiro atoms. The minimum absolute atomic E-state index is 0.0720. The molecule has 0 fully saturated rings. The van der Waals surface area contributed by atoms with Crippen LogP contribution in [0.4, 0.5) is 22.0 Å². The van der Waals surface area contributed by atoms with E-state index in [-0.39, 0.29) is 12.4 Å². The van der Waals surface area contributed by atoms with E-state index in [0.717, 1.165) is 5.56 Å². The Bertz CT molecular complexity index is 1960. The molecule has 40 heavy (non-hydrogen) atoms. The van der Waals surface area contributed by atoms with Gasteiger partial charge in [0, 0.05) is 29.9 Å². The summed E-state index contributed by atoms with van der Waals surface area (Å²) < 4.78 is 16.6. The molecule has 0 unspecified atom stereocenters. The molecule has 11 heteroatoms. The van der Waals surface area contributed by atoms with E-state index < -0.39 is 5.82 Å². The highest BCUT2D eigenvalue weighted by Crippen LogP contribution is 2.36. The van der Waals surface area contributed by atoms with Crippen LogP contribution in [0.1, 0.15) is 17.0 Å². The molecule has 2 aromatic carbocycles. The minimum Gasteiger partial charge on any atom is -0.384 e. The average molecular weight is 529 g/mol. The van der Waals surface area contributed by atoms with E-state index in [1.54, 1.807) is 60.9 Å². The summed E-state index contributed by atoms with van der Waals surface area (Å²) in [6.45, 7) is 0. The van der Waals surface area contributed by atoms with Crippen LogP contribution in [0, 0.1) is 17.1 Å². The predicted octanol–water partition coefficient (Wildman–Crippen LogP) is 4.26. The molecule has 6 N–H and O–H groups in total. The van der Waals surface area contributed by atoms with Crippen molar-refractivity contribution in [2.75, 3.05) is 17.2 Å². The summed E-state index contributed by atoms with van der Waals surface area (Å²) in [4.78, 5) is 17.6. The fraction of sp³-hybridized carbons (Fsp3) is 0.0345. The first-order chi connectivity index (χ1) is 19.4. The number of fused-ring (bicyclic) bond motifs is 1. The smallest absolute Gasteiger partial charge is 0.223 e. The number of nitrogens with two attached hydrogens (primary N) is 3. The zero-order valence-electron chi connectivity index (χ0n) is 21.0. The van der Waals surface area contributed by atoms with Crippen LogP contribution in [0.15, 0.2) is 79.1 Å². The molecule has 0 aliphatic carbocycles. The Morgan fingerprint density at radius 3 is 2.30 bits per heavy atom. The second kappa shape index (κ2) is 9.77. The molecule has 0 aliphatic heterocycles. The summed E-state index contributed by atoms with van der Waals surface area (Å²) in [5.41, 5.74) is 23.3. The lowest BCUT2D eigenvalue weighted by Crippen LogP contribution is -2.06. The Morgan fingerprint density at radius 1 is 0.825 bits per heavy atom. The molecule has 194 valence electrons. The quantitative estimate of drug-likeness (QED) is 0.296. The number of hydrogen-bond donors (Lipinski definition) is 3. The van der Waals surface area contributed by atoms with Gasteiger partial charge in [0.15, 0.2) is 11.5 Å². The zero-order chi connectivity index (χ0) is 27.8. The molecule has 0 bridgehead atoms. The maximum absolute atomic E-state index is 15.2. The SMILES string of the molecule is N#Cc1cccc(-c2nc(N)n3nc(Cc4c(F)cccc4-c4ccnc(N)c4)nc3c2-c2ccnc(N)c2)c1. The van der Waals surface area contributed by atoms with Gasteiger partial charge in [-0.15, -0.1) is 5.10 Å². The van der Waals surface area contributed by atoms with Gasteiger partial charge in [0.05, 0.1) is 22.9 Å². The van der Waals surface area contributed by atoms with Gasteiger partial charge < -0.3 is 17.2 Å². The van der Waals surface area contributed by atoms with Gasteiger partial charge in [-0.05, 0) is 59.2 Å². The van der Waals surface area contributed by atoms with Crippen LogP contribution in [0.5, 0.6) is 0 Å². The van der Waals surface area contributed by atoms with E-state index in [1.165, 1.54) is 10.6 Å². The number of nitrogen functional groups attached to an aromatic ring is 3. The standard InChI is InChI=1S/C29H21FN10/c30-22-6-2-5-20(17-7-9-35-23(32)12-17)21(22)14-25-37-28-26(18-8-10-36-24(33)13-18)27(38-29(34)40(28)39-25)19-4-1-3-16(11-19)15-31/h1-13H,14H2,(H2,32,35)(H2,33,36)(H2,34,38). The van der Waals surface area contributed by atoms with Crippen LogP contribution < -0.4 is 17.2 Å². The zero-order valence-corrected chi connectivity index (χ0v) is 21.0. The third kappa shape index (κ3) is 4.39. The summed E-state index contributed by atoms with van der Waals surface area (Å²) in [5.74, 6) is 0.623. The second-order valence-corrected chi connectivity index (χ2v) is 9.03. The van der Waals surface area contributed by atoms with Crippen LogP contribution >= 0.6 is 0 Å². The van der Waals surface area contributed by atoms with Crippen molar-refractivity contribution in [1.82, 2.24) is 29.5 Å². The van der Waals surface area contributed by atoms with E-state index in [1.807, 2.05) is 12.1 Å². The lowest BCUT2D eigenvalue weighted by molar-refractivity contribution is 0.613. The van der Waals surface area contributed by atoms with E-state index in [4.69, 9.17) is 22.2 Å². The Kier molecular flexibility index (Phi) is 5.97. The van der Waals surface area contributed by atoms with E-state index in [9.17, 15) is 5.26 Å². The predicted molar refractivity (Wildman–Crippen MR) is 150 cm³/mol. The lowest BCUT2D eigenvalue weighted by atomic mass is 9.97.